The summed E-state index contributed by atoms with van der Waals surface area (Å²) in [6, 6.07) is 6.96. The van der Waals surface area contributed by atoms with Crippen molar-refractivity contribution in [2.24, 2.45) is 5.73 Å². The van der Waals surface area contributed by atoms with Crippen molar-refractivity contribution in [2.75, 3.05) is 18.0 Å². The molecule has 104 valence electrons. The van der Waals surface area contributed by atoms with E-state index in [1.807, 2.05) is 0 Å². The molecular formula is C16H24N2O. The van der Waals surface area contributed by atoms with Gasteiger partial charge in [-0.3, -0.25) is 0 Å². The van der Waals surface area contributed by atoms with Crippen LogP contribution in [-0.2, 0) is 11.2 Å². The average Bonchev–Trinajstić information content (AvgIpc) is 2.68. The molecule has 19 heavy (non-hydrogen) atoms. The number of benzene rings is 1. The smallest absolute Gasteiger partial charge is 0.0755 e. The number of fused-ring (bicyclic) bond motifs is 2. The maximum atomic E-state index is 6.00. The molecule has 2 heterocycles. The van der Waals surface area contributed by atoms with E-state index in [0.29, 0.717) is 12.2 Å². The molecule has 3 unspecified atom stereocenters. The van der Waals surface area contributed by atoms with Gasteiger partial charge in [0.15, 0.2) is 0 Å². The second-order valence-electron chi connectivity index (χ2n) is 6.18. The Morgan fingerprint density at radius 3 is 2.63 bits per heavy atom. The molecule has 2 bridgehead atoms. The van der Waals surface area contributed by atoms with Crippen LogP contribution >= 0.6 is 0 Å². The lowest BCUT2D eigenvalue weighted by Gasteiger charge is -2.35. The summed E-state index contributed by atoms with van der Waals surface area (Å²) in [5, 5.41) is 0. The van der Waals surface area contributed by atoms with Crippen LogP contribution in [0.1, 0.15) is 30.9 Å². The molecule has 3 rings (SSSR count). The van der Waals surface area contributed by atoms with E-state index in [2.05, 4.69) is 36.9 Å². The summed E-state index contributed by atoms with van der Waals surface area (Å²) >= 11 is 0. The van der Waals surface area contributed by atoms with E-state index < -0.39 is 0 Å². The van der Waals surface area contributed by atoms with Gasteiger partial charge in [-0.25, -0.2) is 0 Å². The first-order chi connectivity index (χ1) is 9.11. The molecule has 0 aliphatic carbocycles. The zero-order valence-electron chi connectivity index (χ0n) is 11.9. The van der Waals surface area contributed by atoms with E-state index in [0.717, 1.165) is 19.5 Å². The van der Waals surface area contributed by atoms with Gasteiger partial charge in [-0.2, -0.15) is 0 Å². The molecule has 2 N–H and O–H groups in total. The molecule has 3 nitrogen and oxygen atoms in total. The zero-order valence-corrected chi connectivity index (χ0v) is 11.9. The largest absolute Gasteiger partial charge is 0.371 e. The maximum absolute atomic E-state index is 6.00. The molecule has 1 aromatic carbocycles. The van der Waals surface area contributed by atoms with Crippen LogP contribution in [0.4, 0.5) is 5.69 Å². The van der Waals surface area contributed by atoms with Gasteiger partial charge in [-0.1, -0.05) is 17.7 Å². The highest BCUT2D eigenvalue weighted by atomic mass is 16.5. The molecular weight excluding hydrogens is 236 g/mol. The molecule has 3 atom stereocenters. The maximum Gasteiger partial charge on any atom is 0.0755 e. The third kappa shape index (κ3) is 2.77. The SMILES string of the molecule is Cc1ccc(N2CC3CCC(C2)O3)c(CC(C)N)c1. The molecule has 0 amide bonds. The van der Waals surface area contributed by atoms with Gasteiger partial charge in [0.1, 0.15) is 0 Å². The van der Waals surface area contributed by atoms with Crippen molar-refractivity contribution < 1.29 is 4.74 Å². The topological polar surface area (TPSA) is 38.5 Å². The van der Waals surface area contributed by atoms with E-state index in [1.54, 1.807) is 0 Å². The number of hydrogen-bond acceptors (Lipinski definition) is 3. The summed E-state index contributed by atoms with van der Waals surface area (Å²) in [5.41, 5.74) is 10.1. The minimum Gasteiger partial charge on any atom is -0.371 e. The number of aryl methyl sites for hydroxylation is 1. The van der Waals surface area contributed by atoms with Crippen molar-refractivity contribution in [1.29, 1.82) is 0 Å². The molecule has 0 spiro atoms. The van der Waals surface area contributed by atoms with E-state index in [1.165, 1.54) is 29.7 Å². The lowest BCUT2D eigenvalue weighted by molar-refractivity contribution is 0.0304. The van der Waals surface area contributed by atoms with Crippen molar-refractivity contribution in [3.63, 3.8) is 0 Å². The summed E-state index contributed by atoms with van der Waals surface area (Å²) in [4.78, 5) is 2.50. The van der Waals surface area contributed by atoms with E-state index >= 15 is 0 Å². The van der Waals surface area contributed by atoms with E-state index in [-0.39, 0.29) is 6.04 Å². The quantitative estimate of drug-likeness (QED) is 0.906. The third-order valence-electron chi connectivity index (χ3n) is 4.16. The van der Waals surface area contributed by atoms with Crippen molar-refractivity contribution >= 4 is 5.69 Å². The van der Waals surface area contributed by atoms with Crippen molar-refractivity contribution in [3.05, 3.63) is 29.3 Å². The van der Waals surface area contributed by atoms with Crippen LogP contribution in [0.25, 0.3) is 0 Å². The number of anilines is 1. The van der Waals surface area contributed by atoms with Crippen LogP contribution < -0.4 is 10.6 Å². The second-order valence-corrected chi connectivity index (χ2v) is 6.18. The van der Waals surface area contributed by atoms with Crippen molar-refractivity contribution in [3.8, 4) is 0 Å². The number of nitrogens with two attached hydrogens (primary N) is 1. The third-order valence-corrected chi connectivity index (χ3v) is 4.16. The Bertz CT molecular complexity index is 446. The number of morpholine rings is 1. The van der Waals surface area contributed by atoms with Gasteiger partial charge in [0, 0.05) is 24.8 Å². The molecule has 0 aromatic heterocycles. The van der Waals surface area contributed by atoms with Crippen LogP contribution in [0, 0.1) is 6.92 Å². The van der Waals surface area contributed by atoms with Gasteiger partial charge in [-0.15, -0.1) is 0 Å². The molecule has 2 aliphatic heterocycles. The minimum absolute atomic E-state index is 0.207. The first-order valence-electron chi connectivity index (χ1n) is 7.37. The van der Waals surface area contributed by atoms with Gasteiger partial charge in [0.2, 0.25) is 0 Å². The van der Waals surface area contributed by atoms with E-state index in [4.69, 9.17) is 10.5 Å². The van der Waals surface area contributed by atoms with Gasteiger partial charge < -0.3 is 15.4 Å². The van der Waals surface area contributed by atoms with Gasteiger partial charge in [-0.05, 0) is 44.7 Å². The van der Waals surface area contributed by atoms with Gasteiger partial charge in [0.25, 0.3) is 0 Å². The minimum atomic E-state index is 0.207. The Balaban J connectivity index is 1.86. The summed E-state index contributed by atoms with van der Waals surface area (Å²) in [7, 11) is 0. The van der Waals surface area contributed by atoms with Crippen LogP contribution in [0.15, 0.2) is 18.2 Å². The molecule has 0 saturated carbocycles. The monoisotopic (exact) mass is 260 g/mol. The second kappa shape index (κ2) is 5.14. The van der Waals surface area contributed by atoms with Crippen LogP contribution in [0.2, 0.25) is 0 Å². The first-order valence-corrected chi connectivity index (χ1v) is 7.37. The lowest BCUT2D eigenvalue weighted by atomic mass is 10.0. The molecule has 3 heteroatoms. The van der Waals surface area contributed by atoms with Gasteiger partial charge in [0.05, 0.1) is 12.2 Å². The highest BCUT2D eigenvalue weighted by Gasteiger charge is 2.34. The summed E-state index contributed by atoms with van der Waals surface area (Å²) < 4.78 is 5.93. The van der Waals surface area contributed by atoms with Crippen LogP contribution in [0.3, 0.4) is 0 Å². The Hall–Kier alpha value is -1.06. The Morgan fingerprint density at radius 2 is 2.00 bits per heavy atom. The number of rotatable bonds is 3. The summed E-state index contributed by atoms with van der Waals surface area (Å²) in [6.07, 6.45) is 4.25. The predicted molar refractivity (Wildman–Crippen MR) is 78.6 cm³/mol. The molecule has 0 radical (unpaired) electrons. The fourth-order valence-electron chi connectivity index (χ4n) is 3.34. The number of hydrogen-bond donors (Lipinski definition) is 1. The normalized spacial score (nSPS) is 27.6. The summed E-state index contributed by atoms with van der Waals surface area (Å²) in [5.74, 6) is 0. The highest BCUT2D eigenvalue weighted by Crippen LogP contribution is 2.32. The highest BCUT2D eigenvalue weighted by molar-refractivity contribution is 5.56. The van der Waals surface area contributed by atoms with E-state index in [9.17, 15) is 0 Å². The first kappa shape index (κ1) is 12.9. The summed E-state index contributed by atoms with van der Waals surface area (Å²) in [6.45, 7) is 6.30. The zero-order chi connectivity index (χ0) is 13.4. The van der Waals surface area contributed by atoms with Crippen LogP contribution in [0.5, 0.6) is 0 Å². The molecule has 2 fully saturated rings. The molecule has 2 saturated heterocycles. The predicted octanol–water partition coefficient (Wildman–Crippen LogP) is 2.25. The fourth-order valence-corrected chi connectivity index (χ4v) is 3.34. The van der Waals surface area contributed by atoms with Crippen molar-refractivity contribution in [1.82, 2.24) is 0 Å². The number of ether oxygens (including phenoxy) is 1. The molecule has 1 aromatic rings. The van der Waals surface area contributed by atoms with Crippen LogP contribution in [-0.4, -0.2) is 31.3 Å². The standard InChI is InChI=1S/C16H24N2O/c1-11-3-6-16(13(7-11)8-12(2)17)18-9-14-4-5-15(10-18)19-14/h3,6-7,12,14-15H,4-5,8-10,17H2,1-2H3. The lowest BCUT2D eigenvalue weighted by Crippen LogP contribution is -2.43. The average molecular weight is 260 g/mol. The Kier molecular flexibility index (Phi) is 3.50. The van der Waals surface area contributed by atoms with Crippen molar-refractivity contribution in [2.45, 2.75) is 51.4 Å². The Labute approximate surface area is 115 Å². The molecule has 2 aliphatic rings. The Morgan fingerprint density at radius 1 is 1.32 bits per heavy atom. The van der Waals surface area contributed by atoms with Gasteiger partial charge >= 0.3 is 0 Å². The fraction of sp³-hybridized carbons (Fsp3) is 0.625. The number of nitrogens with zero attached hydrogens (tertiary/aromatic N) is 1.